The predicted octanol–water partition coefficient (Wildman–Crippen LogP) is 4.95. The third kappa shape index (κ3) is 3.43. The number of carbonyl (C=O) groups is 1. The fraction of sp³-hybridized carbons (Fsp3) is 0.333. The number of carbonyl (C=O) groups excluding carboxylic acids is 1. The number of anilines is 1. The maximum absolute atomic E-state index is 12.6. The lowest BCUT2D eigenvalue weighted by molar-refractivity contribution is -0.384. The highest BCUT2D eigenvalue weighted by molar-refractivity contribution is 7.16. The zero-order chi connectivity index (χ0) is 18.8. The standard InChI is InChI=1S/C18H16ClN3O3S/c1-2-10-3-5-12-14(9-20)18(26-16(12)7-10)21-17(23)13-8-11(22(24)25)4-6-15(13)19/h4,6,8,10H,2-3,5,7H2,1H3,(H,21,23). The number of hydrogen-bond acceptors (Lipinski definition) is 5. The van der Waals surface area contributed by atoms with Crippen LogP contribution in [0.1, 0.15) is 46.1 Å². The largest absolute Gasteiger partial charge is 0.312 e. The van der Waals surface area contributed by atoms with Crippen LogP contribution in [0.2, 0.25) is 5.02 Å². The van der Waals surface area contributed by atoms with Gasteiger partial charge in [-0.2, -0.15) is 5.26 Å². The molecule has 1 aromatic carbocycles. The van der Waals surface area contributed by atoms with Crippen LogP contribution in [0.4, 0.5) is 10.7 Å². The van der Waals surface area contributed by atoms with Crippen molar-refractivity contribution in [2.45, 2.75) is 32.6 Å². The molecular formula is C18H16ClN3O3S. The zero-order valence-electron chi connectivity index (χ0n) is 14.0. The molecule has 1 aliphatic rings. The molecule has 3 rings (SSSR count). The number of nitriles is 1. The van der Waals surface area contributed by atoms with Crippen molar-refractivity contribution in [3.8, 4) is 6.07 Å². The van der Waals surface area contributed by atoms with E-state index in [1.807, 2.05) is 0 Å². The minimum atomic E-state index is -0.581. The van der Waals surface area contributed by atoms with Crippen LogP contribution in [0.25, 0.3) is 0 Å². The van der Waals surface area contributed by atoms with Gasteiger partial charge in [0.25, 0.3) is 11.6 Å². The molecule has 134 valence electrons. The number of thiophene rings is 1. The van der Waals surface area contributed by atoms with Crippen LogP contribution in [0, 0.1) is 27.4 Å². The van der Waals surface area contributed by atoms with Gasteiger partial charge in [-0.1, -0.05) is 24.9 Å². The molecule has 0 spiro atoms. The lowest BCUT2D eigenvalue weighted by Crippen LogP contribution is -2.13. The lowest BCUT2D eigenvalue weighted by Gasteiger charge is -2.20. The molecule has 2 aromatic rings. The highest BCUT2D eigenvalue weighted by Gasteiger charge is 2.26. The van der Waals surface area contributed by atoms with Crippen molar-refractivity contribution in [3.05, 3.63) is 54.9 Å². The normalized spacial score (nSPS) is 15.8. The Morgan fingerprint density at radius 2 is 2.31 bits per heavy atom. The van der Waals surface area contributed by atoms with Crippen LogP contribution in [0.3, 0.4) is 0 Å². The number of benzene rings is 1. The van der Waals surface area contributed by atoms with Crippen molar-refractivity contribution >= 4 is 39.5 Å². The number of nitro groups is 1. The van der Waals surface area contributed by atoms with Crippen molar-refractivity contribution in [2.24, 2.45) is 5.92 Å². The number of non-ortho nitro benzene ring substituents is 1. The molecule has 1 aliphatic carbocycles. The summed E-state index contributed by atoms with van der Waals surface area (Å²) in [6.45, 7) is 2.15. The fourth-order valence-electron chi connectivity index (χ4n) is 3.18. The molecule has 0 fully saturated rings. The average Bonchev–Trinajstić information content (AvgIpc) is 2.97. The Kier molecular flexibility index (Phi) is 5.25. The van der Waals surface area contributed by atoms with Gasteiger partial charge in [-0.15, -0.1) is 11.3 Å². The van der Waals surface area contributed by atoms with E-state index in [0.29, 0.717) is 16.5 Å². The van der Waals surface area contributed by atoms with E-state index in [2.05, 4.69) is 18.3 Å². The predicted molar refractivity (Wildman–Crippen MR) is 101 cm³/mol. The van der Waals surface area contributed by atoms with Crippen molar-refractivity contribution in [3.63, 3.8) is 0 Å². The summed E-state index contributed by atoms with van der Waals surface area (Å²) in [6.07, 6.45) is 3.88. The number of fused-ring (bicyclic) bond motifs is 1. The van der Waals surface area contributed by atoms with Crippen LogP contribution in [-0.2, 0) is 12.8 Å². The summed E-state index contributed by atoms with van der Waals surface area (Å²) >= 11 is 7.44. The summed E-state index contributed by atoms with van der Waals surface area (Å²) in [5.41, 5.74) is 1.32. The molecule has 0 saturated carbocycles. The highest BCUT2D eigenvalue weighted by Crippen LogP contribution is 2.40. The van der Waals surface area contributed by atoms with Gasteiger partial charge in [-0.3, -0.25) is 14.9 Å². The fourth-order valence-corrected chi connectivity index (χ4v) is 4.69. The van der Waals surface area contributed by atoms with E-state index in [9.17, 15) is 20.2 Å². The van der Waals surface area contributed by atoms with Gasteiger partial charge in [0, 0.05) is 17.0 Å². The monoisotopic (exact) mass is 389 g/mol. The number of nitrogens with one attached hydrogen (secondary N) is 1. The lowest BCUT2D eigenvalue weighted by atomic mass is 9.86. The molecule has 26 heavy (non-hydrogen) atoms. The summed E-state index contributed by atoms with van der Waals surface area (Å²) in [6, 6.07) is 5.90. The number of halogens is 1. The molecular weight excluding hydrogens is 374 g/mol. The van der Waals surface area contributed by atoms with Crippen molar-refractivity contribution < 1.29 is 9.72 Å². The van der Waals surface area contributed by atoms with Crippen LogP contribution in [0.15, 0.2) is 18.2 Å². The molecule has 0 saturated heterocycles. The Hall–Kier alpha value is -2.43. The molecule has 1 amide bonds. The topological polar surface area (TPSA) is 96.0 Å². The second kappa shape index (κ2) is 7.44. The first kappa shape index (κ1) is 18.4. The van der Waals surface area contributed by atoms with Crippen LogP contribution >= 0.6 is 22.9 Å². The molecule has 1 atom stereocenters. The van der Waals surface area contributed by atoms with E-state index in [-0.39, 0.29) is 16.3 Å². The number of hydrogen-bond donors (Lipinski definition) is 1. The smallest absolute Gasteiger partial charge is 0.270 e. The van der Waals surface area contributed by atoms with Gasteiger partial charge in [0.15, 0.2) is 0 Å². The molecule has 0 bridgehead atoms. The first-order valence-electron chi connectivity index (χ1n) is 8.24. The molecule has 1 heterocycles. The van der Waals surface area contributed by atoms with E-state index in [4.69, 9.17) is 11.6 Å². The maximum Gasteiger partial charge on any atom is 0.270 e. The molecule has 1 aromatic heterocycles. The number of rotatable bonds is 4. The SMILES string of the molecule is CCC1CCc2c(sc(NC(=O)c3cc([N+](=O)[O-])ccc3Cl)c2C#N)C1. The van der Waals surface area contributed by atoms with E-state index in [1.54, 1.807) is 0 Å². The molecule has 6 nitrogen and oxygen atoms in total. The van der Waals surface area contributed by atoms with E-state index < -0.39 is 10.8 Å². The van der Waals surface area contributed by atoms with Crippen molar-refractivity contribution in [1.29, 1.82) is 5.26 Å². The number of amides is 1. The molecule has 0 aliphatic heterocycles. The Balaban J connectivity index is 1.91. The Morgan fingerprint density at radius 3 is 2.96 bits per heavy atom. The van der Waals surface area contributed by atoms with Gasteiger partial charge in [0.05, 0.1) is 21.1 Å². The third-order valence-electron chi connectivity index (χ3n) is 4.69. The number of nitro benzene ring substituents is 1. The molecule has 0 radical (unpaired) electrons. The second-order valence-electron chi connectivity index (χ2n) is 6.21. The van der Waals surface area contributed by atoms with Crippen molar-refractivity contribution in [2.75, 3.05) is 5.32 Å². The maximum atomic E-state index is 12.6. The van der Waals surface area contributed by atoms with E-state index in [1.165, 1.54) is 23.5 Å². The van der Waals surface area contributed by atoms with Crippen molar-refractivity contribution in [1.82, 2.24) is 0 Å². The first-order chi connectivity index (χ1) is 12.4. The quantitative estimate of drug-likeness (QED) is 0.591. The van der Waals surface area contributed by atoms with Gasteiger partial charge in [0.2, 0.25) is 0 Å². The summed E-state index contributed by atoms with van der Waals surface area (Å²) < 4.78 is 0. The van der Waals surface area contributed by atoms with Crippen LogP contribution in [-0.4, -0.2) is 10.8 Å². The van der Waals surface area contributed by atoms with Crippen LogP contribution in [0.5, 0.6) is 0 Å². The first-order valence-corrected chi connectivity index (χ1v) is 9.44. The van der Waals surface area contributed by atoms with Gasteiger partial charge >= 0.3 is 0 Å². The van der Waals surface area contributed by atoms with E-state index >= 15 is 0 Å². The zero-order valence-corrected chi connectivity index (χ0v) is 15.6. The third-order valence-corrected chi connectivity index (χ3v) is 6.19. The van der Waals surface area contributed by atoms with E-state index in [0.717, 1.165) is 42.2 Å². The molecule has 1 N–H and O–H groups in total. The summed E-state index contributed by atoms with van der Waals surface area (Å²) in [5.74, 6) is 0.0447. The Labute approximate surface area is 159 Å². The van der Waals surface area contributed by atoms with Gasteiger partial charge in [0.1, 0.15) is 11.1 Å². The molecule has 8 heteroatoms. The summed E-state index contributed by atoms with van der Waals surface area (Å²) in [7, 11) is 0. The minimum absolute atomic E-state index is 0.0163. The van der Waals surface area contributed by atoms with Gasteiger partial charge in [-0.05, 0) is 36.8 Å². The van der Waals surface area contributed by atoms with Crippen LogP contribution < -0.4 is 5.32 Å². The van der Waals surface area contributed by atoms with Gasteiger partial charge < -0.3 is 5.32 Å². The highest BCUT2D eigenvalue weighted by atomic mass is 35.5. The second-order valence-corrected chi connectivity index (χ2v) is 7.72. The summed E-state index contributed by atoms with van der Waals surface area (Å²) in [4.78, 5) is 24.1. The molecule has 1 unspecified atom stereocenters. The average molecular weight is 390 g/mol. The Bertz CT molecular complexity index is 932. The summed E-state index contributed by atoms with van der Waals surface area (Å²) in [5, 5.41) is 23.8. The number of nitrogens with zero attached hydrogens (tertiary/aromatic N) is 2. The van der Waals surface area contributed by atoms with Gasteiger partial charge in [-0.25, -0.2) is 0 Å². The minimum Gasteiger partial charge on any atom is -0.312 e. The Morgan fingerprint density at radius 1 is 1.54 bits per heavy atom.